The van der Waals surface area contributed by atoms with E-state index in [1.807, 2.05) is 11.3 Å². The van der Waals surface area contributed by atoms with Gasteiger partial charge < -0.3 is 0 Å². The van der Waals surface area contributed by atoms with Crippen molar-refractivity contribution >= 4 is 33.1 Å². The van der Waals surface area contributed by atoms with Gasteiger partial charge in [0.15, 0.2) is 0 Å². The maximum atomic E-state index is 2.59. The van der Waals surface area contributed by atoms with Crippen LogP contribution in [0.25, 0.3) is 55.1 Å². The van der Waals surface area contributed by atoms with Crippen molar-refractivity contribution in [1.29, 1.82) is 0 Å². The summed E-state index contributed by atoms with van der Waals surface area (Å²) in [7, 11) is 0. The summed E-state index contributed by atoms with van der Waals surface area (Å²) < 4.78 is 1.42. The zero-order valence-electron chi connectivity index (χ0n) is 32.8. The molecule has 3 unspecified atom stereocenters. The van der Waals surface area contributed by atoms with Crippen molar-refractivity contribution in [3.63, 3.8) is 0 Å². The Hall–Kier alpha value is -5.50. The number of hydrogen-bond donors (Lipinski definition) is 0. The molecule has 0 N–H and O–H groups in total. The van der Waals surface area contributed by atoms with E-state index in [9.17, 15) is 0 Å². The number of allylic oxidation sites excluding steroid dienone is 5. The first-order valence-corrected chi connectivity index (χ1v) is 22.0. The Morgan fingerprint density at radius 2 is 1.37 bits per heavy atom. The molecule has 7 aromatic rings. The van der Waals surface area contributed by atoms with Crippen molar-refractivity contribution in [3.05, 3.63) is 202 Å². The molecule has 11 rings (SSSR count). The van der Waals surface area contributed by atoms with E-state index in [1.54, 1.807) is 10.5 Å². The van der Waals surface area contributed by atoms with Crippen LogP contribution in [0.15, 0.2) is 163 Å². The van der Waals surface area contributed by atoms with Crippen molar-refractivity contribution in [1.82, 2.24) is 0 Å². The minimum Gasteiger partial charge on any atom is -0.140 e. The second-order valence-corrected chi connectivity index (χ2v) is 18.2. The second-order valence-electron chi connectivity index (χ2n) is 17.1. The van der Waals surface area contributed by atoms with E-state index >= 15 is 0 Å². The third kappa shape index (κ3) is 6.28. The van der Waals surface area contributed by atoms with E-state index in [4.69, 9.17) is 0 Å². The van der Waals surface area contributed by atoms with E-state index in [0.717, 1.165) is 32.1 Å². The van der Waals surface area contributed by atoms with Crippen LogP contribution < -0.4 is 0 Å². The number of hydrogen-bond acceptors (Lipinski definition) is 1. The van der Waals surface area contributed by atoms with Gasteiger partial charge in [0.2, 0.25) is 0 Å². The van der Waals surface area contributed by atoms with Gasteiger partial charge in [0.05, 0.1) is 0 Å². The number of fused-ring (bicyclic) bond motifs is 9. The lowest BCUT2D eigenvalue weighted by Crippen LogP contribution is -2.17. The lowest BCUT2D eigenvalue weighted by Gasteiger charge is -2.28. The molecule has 1 heteroatoms. The largest absolute Gasteiger partial charge is 0.140 e. The molecule has 57 heavy (non-hydrogen) atoms. The number of aryl methyl sites for hydroxylation is 2. The summed E-state index contributed by atoms with van der Waals surface area (Å²) in [5.41, 5.74) is 20.2. The minimum absolute atomic E-state index is 0.401. The fourth-order valence-corrected chi connectivity index (χ4v) is 12.1. The first-order valence-electron chi connectivity index (χ1n) is 21.2. The molecule has 0 spiro atoms. The lowest BCUT2D eigenvalue weighted by molar-refractivity contribution is 0.490. The normalized spacial score (nSPS) is 20.9. The Kier molecular flexibility index (Phi) is 8.81. The van der Waals surface area contributed by atoms with Crippen LogP contribution in [0.5, 0.6) is 0 Å². The summed E-state index contributed by atoms with van der Waals surface area (Å²) in [6.07, 6.45) is 17.7. The maximum absolute atomic E-state index is 2.59. The van der Waals surface area contributed by atoms with E-state index in [-0.39, 0.29) is 0 Å². The summed E-state index contributed by atoms with van der Waals surface area (Å²) in [6, 6.07) is 53.3. The van der Waals surface area contributed by atoms with E-state index in [1.165, 1.54) is 95.3 Å². The summed E-state index contributed by atoms with van der Waals surface area (Å²) in [4.78, 5) is 1.56. The first kappa shape index (κ1) is 34.7. The molecular weight excluding hydrogens is 705 g/mol. The molecule has 0 saturated heterocycles. The predicted molar refractivity (Wildman–Crippen MR) is 244 cm³/mol. The molecule has 0 bridgehead atoms. The van der Waals surface area contributed by atoms with Crippen LogP contribution in [-0.4, -0.2) is 0 Å². The van der Waals surface area contributed by atoms with Crippen LogP contribution in [0.2, 0.25) is 0 Å². The number of rotatable bonds is 5. The van der Waals surface area contributed by atoms with Crippen LogP contribution >= 0.6 is 11.3 Å². The third-order valence-electron chi connectivity index (χ3n) is 13.8. The Balaban J connectivity index is 0.934. The molecule has 278 valence electrons. The Bertz CT molecular complexity index is 2750. The summed E-state index contributed by atoms with van der Waals surface area (Å²) in [5, 5.41) is 1.43. The van der Waals surface area contributed by atoms with Gasteiger partial charge in [-0.05, 0) is 158 Å². The van der Waals surface area contributed by atoms with E-state index in [0.29, 0.717) is 23.7 Å². The maximum Gasteiger partial charge on any atom is 0.0351 e. The Morgan fingerprint density at radius 1 is 0.596 bits per heavy atom. The van der Waals surface area contributed by atoms with Crippen molar-refractivity contribution < 1.29 is 0 Å². The average Bonchev–Trinajstić information content (AvgIpc) is 3.50. The molecule has 4 atom stereocenters. The molecule has 0 aliphatic heterocycles. The number of benzene rings is 6. The Morgan fingerprint density at radius 3 is 2.30 bits per heavy atom. The zero-order valence-corrected chi connectivity index (χ0v) is 33.6. The Labute approximate surface area is 342 Å². The fourth-order valence-electron chi connectivity index (χ4n) is 10.9. The zero-order chi connectivity index (χ0) is 37.9. The van der Waals surface area contributed by atoms with Gasteiger partial charge in [-0.25, -0.2) is 0 Å². The molecule has 4 aliphatic carbocycles. The molecule has 6 aromatic carbocycles. The second kappa shape index (κ2) is 14.5. The standard InChI is InChI=1S/C56H48S/c1-36-51(45-27-29-56-54(35-45)50-20-9-10-21-55(50)57-56)34-43-15-5-6-17-46(43)49-28-26-42(32-52(36)49)41-24-22-39-23-25-44(47-18-7-8-19-48(47)53(39)33-41)31-37-12-11-16-40(30-37)38-13-3-2-4-14-38/h2-22,24,26,28,32-33,35-37,44,51H,23,25,27,29-31,34H2,1H3/t36-,37?,44?,51?/m0/s1. The van der Waals surface area contributed by atoms with Gasteiger partial charge in [0, 0.05) is 9.58 Å². The third-order valence-corrected chi connectivity index (χ3v) is 15.1. The molecule has 0 amide bonds. The highest BCUT2D eigenvalue weighted by atomic mass is 32.1. The quantitative estimate of drug-likeness (QED) is 0.164. The molecule has 4 aliphatic rings. The predicted octanol–water partition coefficient (Wildman–Crippen LogP) is 15.3. The van der Waals surface area contributed by atoms with Gasteiger partial charge in [0.1, 0.15) is 0 Å². The topological polar surface area (TPSA) is 0 Å². The van der Waals surface area contributed by atoms with Gasteiger partial charge in [0.25, 0.3) is 0 Å². The van der Waals surface area contributed by atoms with Gasteiger partial charge in [-0.3, -0.25) is 0 Å². The molecule has 0 nitrogen and oxygen atoms in total. The van der Waals surface area contributed by atoms with Crippen LogP contribution in [-0.2, 0) is 19.3 Å². The molecular formula is C56H48S. The van der Waals surface area contributed by atoms with Crippen LogP contribution in [0.1, 0.15) is 82.7 Å². The molecule has 0 saturated carbocycles. The van der Waals surface area contributed by atoms with E-state index < -0.39 is 0 Å². The highest BCUT2D eigenvalue weighted by molar-refractivity contribution is 7.19. The van der Waals surface area contributed by atoms with Crippen LogP contribution in [0.3, 0.4) is 0 Å². The fraction of sp³-hybridized carbons (Fsp3) is 0.214. The minimum atomic E-state index is 0.401. The summed E-state index contributed by atoms with van der Waals surface area (Å²) in [6.45, 7) is 2.51. The van der Waals surface area contributed by atoms with Crippen LogP contribution in [0.4, 0.5) is 0 Å². The highest BCUT2D eigenvalue weighted by Gasteiger charge is 2.32. The smallest absolute Gasteiger partial charge is 0.0351 e. The summed E-state index contributed by atoms with van der Waals surface area (Å²) in [5.74, 6) is 1.94. The SMILES string of the molecule is C[C@@H]1c2cc(-c3ccc4c(c3)-c3ccccc3C(CC3C=CC=C(c5ccccc5)C3)CC4)ccc2-c2ccccc2CC1C1=Cc2c(sc3ccccc23)CC1. The van der Waals surface area contributed by atoms with Crippen molar-refractivity contribution in [3.8, 4) is 33.4 Å². The highest BCUT2D eigenvalue weighted by Crippen LogP contribution is 2.49. The molecule has 1 aromatic heterocycles. The molecule has 0 radical (unpaired) electrons. The van der Waals surface area contributed by atoms with Gasteiger partial charge in [-0.15, -0.1) is 11.3 Å². The first-order chi connectivity index (χ1) is 28.1. The number of thiophene rings is 1. The van der Waals surface area contributed by atoms with E-state index in [2.05, 4.69) is 171 Å². The monoisotopic (exact) mass is 752 g/mol. The van der Waals surface area contributed by atoms with Gasteiger partial charge in [-0.2, -0.15) is 0 Å². The molecule has 1 heterocycles. The van der Waals surface area contributed by atoms with Crippen molar-refractivity contribution in [2.45, 2.75) is 63.7 Å². The van der Waals surface area contributed by atoms with Crippen LogP contribution in [0, 0.1) is 11.8 Å². The van der Waals surface area contributed by atoms with Crippen molar-refractivity contribution in [2.24, 2.45) is 11.8 Å². The average molecular weight is 753 g/mol. The lowest BCUT2D eigenvalue weighted by atomic mass is 9.76. The van der Waals surface area contributed by atoms with Gasteiger partial charge in [-0.1, -0.05) is 164 Å². The van der Waals surface area contributed by atoms with Gasteiger partial charge >= 0.3 is 0 Å². The van der Waals surface area contributed by atoms with Crippen molar-refractivity contribution in [2.75, 3.05) is 0 Å². The molecule has 0 fully saturated rings. The summed E-state index contributed by atoms with van der Waals surface area (Å²) >= 11 is 1.99.